The molecule has 2 aromatic heterocycles. The topological polar surface area (TPSA) is 118 Å². The Balaban J connectivity index is 1.59. The van der Waals surface area contributed by atoms with Gasteiger partial charge in [0.1, 0.15) is 5.76 Å². The van der Waals surface area contributed by atoms with E-state index in [1.165, 1.54) is 0 Å². The van der Waals surface area contributed by atoms with Crippen LogP contribution in [0.15, 0.2) is 14.9 Å². The van der Waals surface area contributed by atoms with Crippen LogP contribution in [0.4, 0.5) is 5.13 Å². The van der Waals surface area contributed by atoms with Crippen molar-refractivity contribution in [3.63, 3.8) is 0 Å². The van der Waals surface area contributed by atoms with E-state index in [2.05, 4.69) is 20.7 Å². The molecule has 1 fully saturated rings. The fraction of sp³-hybridized carbons (Fsp3) is 0.364. The Morgan fingerprint density at radius 1 is 1.48 bits per heavy atom. The van der Waals surface area contributed by atoms with E-state index in [4.69, 9.17) is 9.63 Å². The van der Waals surface area contributed by atoms with Gasteiger partial charge in [-0.1, -0.05) is 28.3 Å². The normalized spacial score (nSPS) is 14.1. The summed E-state index contributed by atoms with van der Waals surface area (Å²) in [5.41, 5.74) is 0.201. The lowest BCUT2D eigenvalue weighted by Crippen LogP contribution is -2.11. The summed E-state index contributed by atoms with van der Waals surface area (Å²) in [4.78, 5) is 22.4. The average molecular weight is 326 g/mol. The number of anilines is 1. The summed E-state index contributed by atoms with van der Waals surface area (Å²) in [5, 5.41) is 22.7. The van der Waals surface area contributed by atoms with Gasteiger partial charge in [-0.25, -0.2) is 0 Å². The summed E-state index contributed by atoms with van der Waals surface area (Å²) in [6, 6.07) is 1.63. The number of carboxylic acids is 1. The van der Waals surface area contributed by atoms with Crippen LogP contribution in [0.25, 0.3) is 0 Å². The lowest BCUT2D eigenvalue weighted by atomic mass is 10.3. The van der Waals surface area contributed by atoms with Crippen molar-refractivity contribution in [3.8, 4) is 0 Å². The van der Waals surface area contributed by atoms with Crippen molar-refractivity contribution in [2.45, 2.75) is 23.1 Å². The summed E-state index contributed by atoms with van der Waals surface area (Å²) in [5.74, 6) is -0.335. The van der Waals surface area contributed by atoms with Gasteiger partial charge < -0.3 is 9.63 Å². The fourth-order valence-electron chi connectivity index (χ4n) is 1.56. The Morgan fingerprint density at radius 3 is 3.00 bits per heavy atom. The molecule has 0 radical (unpaired) electrons. The van der Waals surface area contributed by atoms with Gasteiger partial charge in [0.05, 0.1) is 5.75 Å². The Kier molecular flexibility index (Phi) is 3.88. The first-order valence-electron chi connectivity index (χ1n) is 6.08. The van der Waals surface area contributed by atoms with E-state index < -0.39 is 11.9 Å². The molecular formula is C11H10N4O4S2. The van der Waals surface area contributed by atoms with Crippen LogP contribution in [0.3, 0.4) is 0 Å². The lowest BCUT2D eigenvalue weighted by molar-refractivity contribution is -0.133. The minimum Gasteiger partial charge on any atom is -0.481 e. The Labute approximate surface area is 126 Å². The minimum absolute atomic E-state index is 0.101. The average Bonchev–Trinajstić information content (AvgIpc) is 3.01. The van der Waals surface area contributed by atoms with Gasteiger partial charge in [-0.05, 0) is 12.8 Å². The molecule has 1 aliphatic rings. The van der Waals surface area contributed by atoms with Gasteiger partial charge >= 0.3 is 5.97 Å². The fourth-order valence-corrected chi connectivity index (χ4v) is 3.03. The standard InChI is InChI=1S/C11H10N4O4S2/c16-8(17)4-20-11-14-13-10(21-11)12-9(18)6-3-7(19-15-6)5-1-2-5/h3,5H,1-2,4H2,(H,16,17)(H,12,13,18). The summed E-state index contributed by atoms with van der Waals surface area (Å²) in [6.45, 7) is 0. The summed E-state index contributed by atoms with van der Waals surface area (Å²) in [6.07, 6.45) is 2.13. The van der Waals surface area contributed by atoms with E-state index in [0.29, 0.717) is 15.4 Å². The molecule has 0 atom stereocenters. The molecule has 1 aliphatic carbocycles. The highest BCUT2D eigenvalue weighted by Gasteiger charge is 2.29. The second kappa shape index (κ2) is 5.82. The molecule has 0 aromatic carbocycles. The van der Waals surface area contributed by atoms with E-state index in [0.717, 1.165) is 41.7 Å². The smallest absolute Gasteiger partial charge is 0.313 e. The molecule has 21 heavy (non-hydrogen) atoms. The SMILES string of the molecule is O=C(O)CSc1nnc(NC(=O)c2cc(C3CC3)on2)s1. The van der Waals surface area contributed by atoms with E-state index >= 15 is 0 Å². The Bertz CT molecular complexity index is 679. The van der Waals surface area contributed by atoms with Crippen LogP contribution in [0.5, 0.6) is 0 Å². The first kappa shape index (κ1) is 14.0. The van der Waals surface area contributed by atoms with Crippen LogP contribution in [-0.4, -0.2) is 38.1 Å². The molecule has 1 amide bonds. The molecule has 10 heteroatoms. The molecule has 2 aromatic rings. The zero-order valence-corrected chi connectivity index (χ0v) is 12.2. The number of nitrogens with zero attached hydrogens (tertiary/aromatic N) is 3. The molecule has 0 saturated heterocycles. The van der Waals surface area contributed by atoms with Gasteiger partial charge in [0.2, 0.25) is 5.13 Å². The highest BCUT2D eigenvalue weighted by atomic mass is 32.2. The number of thioether (sulfide) groups is 1. The number of carbonyl (C=O) groups excluding carboxylic acids is 1. The number of aromatic nitrogens is 3. The largest absolute Gasteiger partial charge is 0.481 e. The predicted octanol–water partition coefficient (Wildman–Crippen LogP) is 1.83. The second-order valence-corrected chi connectivity index (χ2v) is 6.60. The van der Waals surface area contributed by atoms with Crippen LogP contribution in [0.2, 0.25) is 0 Å². The van der Waals surface area contributed by atoms with Crippen LogP contribution < -0.4 is 5.32 Å². The summed E-state index contributed by atoms with van der Waals surface area (Å²) < 4.78 is 5.58. The predicted molar refractivity (Wildman–Crippen MR) is 74.7 cm³/mol. The maximum Gasteiger partial charge on any atom is 0.313 e. The number of rotatable bonds is 6. The van der Waals surface area contributed by atoms with Crippen molar-refractivity contribution in [1.82, 2.24) is 15.4 Å². The van der Waals surface area contributed by atoms with Crippen molar-refractivity contribution < 1.29 is 19.2 Å². The van der Waals surface area contributed by atoms with Crippen LogP contribution >= 0.6 is 23.1 Å². The first-order chi connectivity index (χ1) is 10.1. The third-order valence-corrected chi connectivity index (χ3v) is 4.64. The Hall–Kier alpha value is -1.94. The van der Waals surface area contributed by atoms with Gasteiger partial charge in [-0.3, -0.25) is 14.9 Å². The number of aliphatic carboxylic acids is 1. The summed E-state index contributed by atoms with van der Waals surface area (Å²) >= 11 is 2.16. The molecule has 2 N–H and O–H groups in total. The van der Waals surface area contributed by atoms with E-state index in [1.807, 2.05) is 0 Å². The quantitative estimate of drug-likeness (QED) is 0.609. The first-order valence-corrected chi connectivity index (χ1v) is 7.88. The molecule has 0 aliphatic heterocycles. The van der Waals surface area contributed by atoms with Crippen molar-refractivity contribution in [1.29, 1.82) is 0 Å². The molecule has 3 rings (SSSR count). The molecule has 2 heterocycles. The lowest BCUT2D eigenvalue weighted by Gasteiger charge is -1.94. The number of hydrogen-bond acceptors (Lipinski definition) is 8. The number of amides is 1. The van der Waals surface area contributed by atoms with E-state index in [9.17, 15) is 9.59 Å². The zero-order chi connectivity index (χ0) is 14.8. The molecule has 0 unspecified atom stereocenters. The van der Waals surface area contributed by atoms with Gasteiger partial charge in [-0.15, -0.1) is 10.2 Å². The Morgan fingerprint density at radius 2 is 2.29 bits per heavy atom. The molecule has 0 bridgehead atoms. The highest BCUT2D eigenvalue weighted by molar-refractivity contribution is 8.01. The third kappa shape index (κ3) is 3.58. The van der Waals surface area contributed by atoms with Crippen molar-refractivity contribution in [2.75, 3.05) is 11.1 Å². The van der Waals surface area contributed by atoms with Gasteiger partial charge in [0.15, 0.2) is 10.0 Å². The second-order valence-electron chi connectivity index (χ2n) is 4.40. The number of nitrogens with one attached hydrogen (secondary N) is 1. The molecule has 110 valence electrons. The van der Waals surface area contributed by atoms with Gasteiger partial charge in [-0.2, -0.15) is 0 Å². The number of carbonyl (C=O) groups is 2. The van der Waals surface area contributed by atoms with Crippen molar-refractivity contribution >= 4 is 40.1 Å². The minimum atomic E-state index is -0.934. The van der Waals surface area contributed by atoms with E-state index in [-0.39, 0.29) is 11.4 Å². The van der Waals surface area contributed by atoms with Crippen LogP contribution in [0.1, 0.15) is 35.0 Å². The van der Waals surface area contributed by atoms with Crippen LogP contribution in [-0.2, 0) is 4.79 Å². The molecule has 1 saturated carbocycles. The molecular weight excluding hydrogens is 316 g/mol. The van der Waals surface area contributed by atoms with Gasteiger partial charge in [0.25, 0.3) is 5.91 Å². The van der Waals surface area contributed by atoms with Gasteiger partial charge in [0, 0.05) is 12.0 Å². The van der Waals surface area contributed by atoms with Crippen LogP contribution in [0, 0.1) is 0 Å². The molecule has 8 nitrogen and oxygen atoms in total. The maximum absolute atomic E-state index is 12.0. The zero-order valence-electron chi connectivity index (χ0n) is 10.6. The highest BCUT2D eigenvalue weighted by Crippen LogP contribution is 2.40. The number of hydrogen-bond donors (Lipinski definition) is 2. The van der Waals surface area contributed by atoms with Crippen molar-refractivity contribution in [2.24, 2.45) is 0 Å². The number of carboxylic acid groups (broad SMARTS) is 1. The maximum atomic E-state index is 12.0. The third-order valence-electron chi connectivity index (χ3n) is 2.69. The van der Waals surface area contributed by atoms with E-state index in [1.54, 1.807) is 6.07 Å². The van der Waals surface area contributed by atoms with Crippen molar-refractivity contribution in [3.05, 3.63) is 17.5 Å². The molecule has 0 spiro atoms. The summed E-state index contributed by atoms with van der Waals surface area (Å²) in [7, 11) is 0. The monoisotopic (exact) mass is 326 g/mol.